The lowest BCUT2D eigenvalue weighted by atomic mass is 10.1. The number of aryl methyl sites for hydroxylation is 1. The average Bonchev–Trinajstić information content (AvgIpc) is 2.40. The van der Waals surface area contributed by atoms with E-state index in [4.69, 9.17) is 4.74 Å². The van der Waals surface area contributed by atoms with Crippen molar-refractivity contribution in [3.8, 4) is 0 Å². The number of rotatable bonds is 4. The molecule has 0 saturated carbocycles. The lowest BCUT2D eigenvalue weighted by Crippen LogP contribution is -2.26. The number of carbonyl (C=O) groups is 1. The molecule has 2 rings (SSSR count). The molecule has 0 atom stereocenters. The number of aromatic nitrogens is 2. The molecular weight excluding hydrogens is 262 g/mol. The van der Waals surface area contributed by atoms with Gasteiger partial charge in [-0.2, -0.15) is 11.8 Å². The molecule has 2 heterocycles. The van der Waals surface area contributed by atoms with Crippen LogP contribution in [0.2, 0.25) is 0 Å². The van der Waals surface area contributed by atoms with E-state index in [1.807, 2.05) is 11.8 Å². The predicted octanol–water partition coefficient (Wildman–Crippen LogP) is 2.27. The van der Waals surface area contributed by atoms with Crippen LogP contribution in [0.4, 0.5) is 5.95 Å². The molecule has 1 aliphatic rings. The van der Waals surface area contributed by atoms with Gasteiger partial charge in [0.05, 0.1) is 17.9 Å². The zero-order valence-corrected chi connectivity index (χ0v) is 12.1. The molecule has 1 aromatic heterocycles. The number of esters is 1. The van der Waals surface area contributed by atoms with Crippen LogP contribution in [0.3, 0.4) is 0 Å². The van der Waals surface area contributed by atoms with Gasteiger partial charge in [0, 0.05) is 12.2 Å². The van der Waals surface area contributed by atoms with Gasteiger partial charge in [0.2, 0.25) is 5.95 Å². The Bertz CT molecular complexity index is 448. The highest BCUT2D eigenvalue weighted by atomic mass is 32.2. The molecule has 1 fully saturated rings. The smallest absolute Gasteiger partial charge is 0.341 e. The molecule has 0 unspecified atom stereocenters. The van der Waals surface area contributed by atoms with E-state index in [1.165, 1.54) is 11.5 Å². The zero-order chi connectivity index (χ0) is 13.7. The molecule has 1 aromatic rings. The van der Waals surface area contributed by atoms with E-state index in [1.54, 1.807) is 20.0 Å². The second-order valence-corrected chi connectivity index (χ2v) is 5.67. The number of nitrogens with one attached hydrogen (secondary N) is 1. The van der Waals surface area contributed by atoms with E-state index in [-0.39, 0.29) is 5.97 Å². The molecule has 5 nitrogen and oxygen atoms in total. The van der Waals surface area contributed by atoms with Crippen LogP contribution in [0.25, 0.3) is 0 Å². The minimum absolute atomic E-state index is 0.359. The molecule has 0 spiro atoms. The van der Waals surface area contributed by atoms with E-state index in [9.17, 15) is 4.79 Å². The van der Waals surface area contributed by atoms with E-state index in [2.05, 4.69) is 15.3 Å². The van der Waals surface area contributed by atoms with Crippen molar-refractivity contribution in [3.05, 3.63) is 17.5 Å². The standard InChI is InChI=1S/C13H19N3O2S/c1-3-18-12(17)11-8-14-13(15-9(11)2)16-10-4-6-19-7-5-10/h8,10H,3-7H2,1-2H3,(H,14,15,16). The SMILES string of the molecule is CCOC(=O)c1cnc(NC2CCSCC2)nc1C. The number of hydrogen-bond acceptors (Lipinski definition) is 6. The molecule has 0 bridgehead atoms. The van der Waals surface area contributed by atoms with Crippen LogP contribution >= 0.6 is 11.8 Å². The first-order valence-electron chi connectivity index (χ1n) is 6.55. The summed E-state index contributed by atoms with van der Waals surface area (Å²) in [5, 5.41) is 3.33. The summed E-state index contributed by atoms with van der Waals surface area (Å²) < 4.78 is 4.96. The number of ether oxygens (including phenoxy) is 1. The Kier molecular flexibility index (Phi) is 5.01. The number of hydrogen-bond donors (Lipinski definition) is 1. The summed E-state index contributed by atoms with van der Waals surface area (Å²) in [4.78, 5) is 20.2. The van der Waals surface area contributed by atoms with Gasteiger partial charge in [-0.15, -0.1) is 0 Å². The normalized spacial score (nSPS) is 16.1. The molecule has 0 aliphatic carbocycles. The maximum Gasteiger partial charge on any atom is 0.341 e. The first kappa shape index (κ1) is 14.1. The molecule has 0 radical (unpaired) electrons. The average molecular weight is 281 g/mol. The van der Waals surface area contributed by atoms with Crippen molar-refractivity contribution >= 4 is 23.7 Å². The molecule has 1 aliphatic heterocycles. The number of anilines is 1. The molecule has 104 valence electrons. The van der Waals surface area contributed by atoms with Crippen molar-refractivity contribution < 1.29 is 9.53 Å². The van der Waals surface area contributed by atoms with Gasteiger partial charge in [-0.1, -0.05) is 0 Å². The van der Waals surface area contributed by atoms with Gasteiger partial charge in [-0.25, -0.2) is 14.8 Å². The predicted molar refractivity (Wildman–Crippen MR) is 76.7 cm³/mol. The maximum absolute atomic E-state index is 11.6. The molecule has 0 aromatic carbocycles. The Morgan fingerprint density at radius 3 is 2.89 bits per heavy atom. The summed E-state index contributed by atoms with van der Waals surface area (Å²) in [6.45, 7) is 3.94. The highest BCUT2D eigenvalue weighted by molar-refractivity contribution is 7.99. The molecular formula is C13H19N3O2S. The van der Waals surface area contributed by atoms with E-state index >= 15 is 0 Å². The Morgan fingerprint density at radius 1 is 1.53 bits per heavy atom. The van der Waals surface area contributed by atoms with Crippen LogP contribution in [0, 0.1) is 6.92 Å². The van der Waals surface area contributed by atoms with E-state index in [0.717, 1.165) is 12.8 Å². The molecule has 19 heavy (non-hydrogen) atoms. The number of nitrogens with zero attached hydrogens (tertiary/aromatic N) is 2. The van der Waals surface area contributed by atoms with Gasteiger partial charge in [0.25, 0.3) is 0 Å². The maximum atomic E-state index is 11.6. The van der Waals surface area contributed by atoms with Crippen LogP contribution in [0.5, 0.6) is 0 Å². The molecule has 0 amide bonds. The Balaban J connectivity index is 2.03. The van der Waals surface area contributed by atoms with Gasteiger partial charge in [-0.05, 0) is 38.2 Å². The fourth-order valence-corrected chi connectivity index (χ4v) is 3.08. The summed E-state index contributed by atoms with van der Waals surface area (Å²) in [6.07, 6.45) is 3.81. The topological polar surface area (TPSA) is 64.1 Å². The second-order valence-electron chi connectivity index (χ2n) is 4.44. The lowest BCUT2D eigenvalue weighted by Gasteiger charge is -2.22. The Morgan fingerprint density at radius 2 is 2.26 bits per heavy atom. The third-order valence-electron chi connectivity index (χ3n) is 3.03. The Hall–Kier alpha value is -1.30. The van der Waals surface area contributed by atoms with Crippen molar-refractivity contribution in [3.63, 3.8) is 0 Å². The van der Waals surface area contributed by atoms with Crippen LogP contribution in [-0.2, 0) is 4.74 Å². The van der Waals surface area contributed by atoms with Crippen LogP contribution in [-0.4, -0.2) is 40.1 Å². The summed E-state index contributed by atoms with van der Waals surface area (Å²) in [6, 6.07) is 0.439. The summed E-state index contributed by atoms with van der Waals surface area (Å²) in [5.41, 5.74) is 1.09. The van der Waals surface area contributed by atoms with Crippen molar-refractivity contribution in [2.24, 2.45) is 0 Å². The highest BCUT2D eigenvalue weighted by Crippen LogP contribution is 2.19. The van der Waals surface area contributed by atoms with Crippen molar-refractivity contribution in [2.75, 3.05) is 23.4 Å². The third kappa shape index (κ3) is 3.83. The minimum Gasteiger partial charge on any atom is -0.462 e. The molecule has 6 heteroatoms. The fraction of sp³-hybridized carbons (Fsp3) is 0.615. The van der Waals surface area contributed by atoms with Crippen LogP contribution in [0.15, 0.2) is 6.20 Å². The van der Waals surface area contributed by atoms with Gasteiger partial charge < -0.3 is 10.1 Å². The van der Waals surface area contributed by atoms with Crippen LogP contribution in [0.1, 0.15) is 35.8 Å². The molecule has 1 N–H and O–H groups in total. The van der Waals surface area contributed by atoms with Gasteiger partial charge >= 0.3 is 5.97 Å². The van der Waals surface area contributed by atoms with Crippen LogP contribution < -0.4 is 5.32 Å². The molecule has 1 saturated heterocycles. The summed E-state index contributed by atoms with van der Waals surface area (Å²) in [7, 11) is 0. The monoisotopic (exact) mass is 281 g/mol. The lowest BCUT2D eigenvalue weighted by molar-refractivity contribution is 0.0524. The van der Waals surface area contributed by atoms with Crippen molar-refractivity contribution in [1.82, 2.24) is 9.97 Å². The minimum atomic E-state index is -0.361. The number of carbonyl (C=O) groups excluding carboxylic acids is 1. The third-order valence-corrected chi connectivity index (χ3v) is 4.08. The highest BCUT2D eigenvalue weighted by Gasteiger charge is 2.16. The van der Waals surface area contributed by atoms with Gasteiger partial charge in [-0.3, -0.25) is 0 Å². The fourth-order valence-electron chi connectivity index (χ4n) is 1.97. The zero-order valence-electron chi connectivity index (χ0n) is 11.3. The first-order chi connectivity index (χ1) is 9.20. The Labute approximate surface area is 117 Å². The van der Waals surface area contributed by atoms with E-state index < -0.39 is 0 Å². The summed E-state index contributed by atoms with van der Waals surface area (Å²) in [5.74, 6) is 2.60. The van der Waals surface area contributed by atoms with Crippen molar-refractivity contribution in [2.45, 2.75) is 32.7 Å². The largest absolute Gasteiger partial charge is 0.462 e. The van der Waals surface area contributed by atoms with Gasteiger partial charge in [0.15, 0.2) is 0 Å². The number of thioether (sulfide) groups is 1. The quantitative estimate of drug-likeness (QED) is 0.854. The van der Waals surface area contributed by atoms with Gasteiger partial charge in [0.1, 0.15) is 0 Å². The van der Waals surface area contributed by atoms with E-state index in [0.29, 0.717) is 29.9 Å². The van der Waals surface area contributed by atoms with Crippen molar-refractivity contribution in [1.29, 1.82) is 0 Å². The first-order valence-corrected chi connectivity index (χ1v) is 7.71. The second kappa shape index (κ2) is 6.75. The summed E-state index contributed by atoms with van der Waals surface area (Å²) >= 11 is 1.98.